The van der Waals surface area contributed by atoms with Gasteiger partial charge in [-0.25, -0.2) is 0 Å². The van der Waals surface area contributed by atoms with Gasteiger partial charge < -0.3 is 19.3 Å². The fourth-order valence-corrected chi connectivity index (χ4v) is 1.56. The van der Waals surface area contributed by atoms with Crippen LogP contribution in [-0.2, 0) is 13.1 Å². The minimum atomic E-state index is 0.552. The fourth-order valence-electron chi connectivity index (χ4n) is 1.56. The Bertz CT molecular complexity index is 463. The zero-order valence-electron chi connectivity index (χ0n) is 10.3. The molecular formula is C12H15N3O3. The maximum absolute atomic E-state index is 5.20. The minimum Gasteiger partial charge on any atom is -0.497 e. The lowest BCUT2D eigenvalue weighted by Gasteiger charge is -2.08. The molecule has 0 fully saturated rings. The molecule has 0 radical (unpaired) electrons. The van der Waals surface area contributed by atoms with E-state index in [4.69, 9.17) is 9.47 Å². The van der Waals surface area contributed by atoms with Gasteiger partial charge in [0.1, 0.15) is 11.5 Å². The molecule has 6 heteroatoms. The molecular weight excluding hydrogens is 234 g/mol. The first kappa shape index (κ1) is 12.4. The predicted molar refractivity (Wildman–Crippen MR) is 64.4 cm³/mol. The van der Waals surface area contributed by atoms with E-state index >= 15 is 0 Å². The Balaban J connectivity index is 1.95. The van der Waals surface area contributed by atoms with Crippen LogP contribution in [0.3, 0.4) is 0 Å². The predicted octanol–water partition coefficient (Wildman–Crippen LogP) is 1.38. The van der Waals surface area contributed by atoms with Crippen molar-refractivity contribution < 1.29 is 14.0 Å². The summed E-state index contributed by atoms with van der Waals surface area (Å²) in [6.07, 6.45) is 1.31. The average molecular weight is 249 g/mol. The van der Waals surface area contributed by atoms with Crippen LogP contribution < -0.4 is 14.8 Å². The first-order chi connectivity index (χ1) is 8.81. The van der Waals surface area contributed by atoms with E-state index in [1.54, 1.807) is 14.2 Å². The molecule has 1 aromatic carbocycles. The number of hydrogen-bond acceptors (Lipinski definition) is 6. The van der Waals surface area contributed by atoms with Crippen LogP contribution >= 0.6 is 0 Å². The van der Waals surface area contributed by atoms with E-state index in [0.717, 1.165) is 17.1 Å². The van der Waals surface area contributed by atoms with E-state index in [9.17, 15) is 0 Å². The van der Waals surface area contributed by atoms with Crippen molar-refractivity contribution in [1.29, 1.82) is 0 Å². The highest BCUT2D eigenvalue weighted by molar-refractivity contribution is 5.38. The lowest BCUT2D eigenvalue weighted by molar-refractivity contribution is 0.392. The average Bonchev–Trinajstić information content (AvgIpc) is 2.91. The van der Waals surface area contributed by atoms with Crippen molar-refractivity contribution in [3.8, 4) is 11.5 Å². The first-order valence-corrected chi connectivity index (χ1v) is 5.49. The molecule has 1 N–H and O–H groups in total. The largest absolute Gasteiger partial charge is 0.497 e. The van der Waals surface area contributed by atoms with Gasteiger partial charge in [0.25, 0.3) is 0 Å². The second-order valence-electron chi connectivity index (χ2n) is 3.67. The molecule has 0 saturated carbocycles. The molecule has 1 heterocycles. The standard InChI is InChI=1S/C12H15N3O3/c1-16-10-3-9(4-11(5-10)17-2)6-13-7-12-14-8-18-15-12/h3-5,8,13H,6-7H2,1-2H3. The lowest BCUT2D eigenvalue weighted by atomic mass is 10.2. The summed E-state index contributed by atoms with van der Waals surface area (Å²) >= 11 is 0. The van der Waals surface area contributed by atoms with E-state index in [2.05, 4.69) is 20.0 Å². The molecule has 0 atom stereocenters. The molecule has 0 bridgehead atoms. The van der Waals surface area contributed by atoms with Gasteiger partial charge in [-0.2, -0.15) is 4.98 Å². The molecule has 2 aromatic rings. The van der Waals surface area contributed by atoms with Crippen molar-refractivity contribution in [2.75, 3.05) is 14.2 Å². The summed E-state index contributed by atoms with van der Waals surface area (Å²) in [6.45, 7) is 1.22. The molecule has 0 amide bonds. The summed E-state index contributed by atoms with van der Waals surface area (Å²) in [5, 5.41) is 6.93. The highest BCUT2D eigenvalue weighted by Crippen LogP contribution is 2.22. The Morgan fingerprint density at radius 3 is 2.39 bits per heavy atom. The molecule has 0 aliphatic rings. The number of rotatable bonds is 6. The van der Waals surface area contributed by atoms with E-state index in [1.165, 1.54) is 6.39 Å². The van der Waals surface area contributed by atoms with Crippen LogP contribution in [0.1, 0.15) is 11.4 Å². The summed E-state index contributed by atoms with van der Waals surface area (Å²) in [7, 11) is 3.26. The number of nitrogens with zero attached hydrogens (tertiary/aromatic N) is 2. The summed E-state index contributed by atoms with van der Waals surface area (Å²) in [5.41, 5.74) is 1.06. The van der Waals surface area contributed by atoms with Crippen LogP contribution in [0.5, 0.6) is 11.5 Å². The van der Waals surface area contributed by atoms with Gasteiger partial charge in [-0.05, 0) is 17.7 Å². The summed E-state index contributed by atoms with van der Waals surface area (Å²) in [6, 6.07) is 5.74. The minimum absolute atomic E-state index is 0.552. The molecule has 0 spiro atoms. The van der Waals surface area contributed by atoms with Gasteiger partial charge >= 0.3 is 0 Å². The van der Waals surface area contributed by atoms with Crippen LogP contribution in [0.15, 0.2) is 29.1 Å². The molecule has 0 unspecified atom stereocenters. The number of benzene rings is 1. The highest BCUT2D eigenvalue weighted by Gasteiger charge is 2.03. The Hall–Kier alpha value is -2.08. The summed E-state index contributed by atoms with van der Waals surface area (Å²) in [5.74, 6) is 2.17. The molecule has 0 aliphatic carbocycles. The van der Waals surface area contributed by atoms with Gasteiger partial charge in [0.2, 0.25) is 6.39 Å². The Morgan fingerprint density at radius 1 is 1.11 bits per heavy atom. The second kappa shape index (κ2) is 6.02. The van der Waals surface area contributed by atoms with Gasteiger partial charge in [-0.3, -0.25) is 0 Å². The zero-order chi connectivity index (χ0) is 12.8. The van der Waals surface area contributed by atoms with Crippen LogP contribution in [-0.4, -0.2) is 24.4 Å². The first-order valence-electron chi connectivity index (χ1n) is 5.49. The quantitative estimate of drug-likeness (QED) is 0.834. The third kappa shape index (κ3) is 3.21. The second-order valence-corrected chi connectivity index (χ2v) is 3.67. The van der Waals surface area contributed by atoms with Crippen LogP contribution in [0.2, 0.25) is 0 Å². The summed E-state index contributed by atoms with van der Waals surface area (Å²) in [4.78, 5) is 3.93. The SMILES string of the molecule is COc1cc(CNCc2ncon2)cc(OC)c1. The van der Waals surface area contributed by atoms with Crippen LogP contribution in [0.25, 0.3) is 0 Å². The van der Waals surface area contributed by atoms with Crippen LogP contribution in [0, 0.1) is 0 Å². The van der Waals surface area contributed by atoms with Crippen molar-refractivity contribution in [2.24, 2.45) is 0 Å². The molecule has 18 heavy (non-hydrogen) atoms. The molecule has 6 nitrogen and oxygen atoms in total. The monoisotopic (exact) mass is 249 g/mol. The van der Waals surface area contributed by atoms with E-state index in [1.807, 2.05) is 18.2 Å². The topological polar surface area (TPSA) is 69.4 Å². The van der Waals surface area contributed by atoms with E-state index in [-0.39, 0.29) is 0 Å². The maximum atomic E-state index is 5.20. The van der Waals surface area contributed by atoms with Crippen molar-refractivity contribution in [3.05, 3.63) is 36.0 Å². The van der Waals surface area contributed by atoms with Crippen molar-refractivity contribution in [3.63, 3.8) is 0 Å². The summed E-state index contributed by atoms with van der Waals surface area (Å²) < 4.78 is 15.1. The fraction of sp³-hybridized carbons (Fsp3) is 0.333. The Labute approximate surface area is 105 Å². The third-order valence-electron chi connectivity index (χ3n) is 2.43. The van der Waals surface area contributed by atoms with Crippen molar-refractivity contribution in [2.45, 2.75) is 13.1 Å². The van der Waals surface area contributed by atoms with Crippen molar-refractivity contribution in [1.82, 2.24) is 15.5 Å². The van der Waals surface area contributed by atoms with Crippen molar-refractivity contribution >= 4 is 0 Å². The normalized spacial score (nSPS) is 10.3. The third-order valence-corrected chi connectivity index (χ3v) is 2.43. The van der Waals surface area contributed by atoms with Gasteiger partial charge in [0.05, 0.1) is 20.8 Å². The van der Waals surface area contributed by atoms with Crippen LogP contribution in [0.4, 0.5) is 0 Å². The molecule has 0 aliphatic heterocycles. The Morgan fingerprint density at radius 2 is 1.83 bits per heavy atom. The molecule has 2 rings (SSSR count). The van der Waals surface area contributed by atoms with Gasteiger partial charge in [0, 0.05) is 12.6 Å². The van der Waals surface area contributed by atoms with E-state index in [0.29, 0.717) is 18.9 Å². The van der Waals surface area contributed by atoms with E-state index < -0.39 is 0 Å². The smallest absolute Gasteiger partial charge is 0.213 e. The van der Waals surface area contributed by atoms with Gasteiger partial charge in [-0.15, -0.1) is 0 Å². The number of nitrogens with one attached hydrogen (secondary N) is 1. The lowest BCUT2D eigenvalue weighted by Crippen LogP contribution is -2.13. The molecule has 1 aromatic heterocycles. The number of aromatic nitrogens is 2. The molecule has 96 valence electrons. The van der Waals surface area contributed by atoms with Gasteiger partial charge in [0.15, 0.2) is 5.82 Å². The Kier molecular flexibility index (Phi) is 4.14. The zero-order valence-corrected chi connectivity index (χ0v) is 10.3. The number of hydrogen-bond donors (Lipinski definition) is 1. The maximum Gasteiger partial charge on any atom is 0.213 e. The highest BCUT2D eigenvalue weighted by atomic mass is 16.5. The number of methoxy groups -OCH3 is 2. The van der Waals surface area contributed by atoms with Gasteiger partial charge in [-0.1, -0.05) is 5.16 Å². The molecule has 0 saturated heterocycles. The number of ether oxygens (including phenoxy) is 2.